The largest absolute Gasteiger partial charge is 0.396 e. The standard InChI is InChI=1S/C11H9FN4O/c12-8-4-3-7(6-9(8)13)11(17)15-10-2-1-5-14-16-10/h1-6H,13H2,(H,15,16,17). The second-order valence-corrected chi connectivity index (χ2v) is 3.30. The molecular weight excluding hydrogens is 223 g/mol. The van der Waals surface area contributed by atoms with Crippen LogP contribution in [-0.4, -0.2) is 16.1 Å². The van der Waals surface area contributed by atoms with Crippen molar-refractivity contribution < 1.29 is 9.18 Å². The topological polar surface area (TPSA) is 80.9 Å². The van der Waals surface area contributed by atoms with Crippen LogP contribution in [0.25, 0.3) is 0 Å². The summed E-state index contributed by atoms with van der Waals surface area (Å²) in [6.07, 6.45) is 1.49. The summed E-state index contributed by atoms with van der Waals surface area (Å²) in [5, 5.41) is 9.82. The number of anilines is 2. The van der Waals surface area contributed by atoms with Crippen molar-refractivity contribution in [1.29, 1.82) is 0 Å². The van der Waals surface area contributed by atoms with Gasteiger partial charge in [0.15, 0.2) is 5.82 Å². The van der Waals surface area contributed by atoms with Gasteiger partial charge in [0.25, 0.3) is 5.91 Å². The number of nitrogen functional groups attached to an aromatic ring is 1. The molecule has 1 amide bonds. The number of hydrogen-bond acceptors (Lipinski definition) is 4. The van der Waals surface area contributed by atoms with Gasteiger partial charge in [0, 0.05) is 11.8 Å². The van der Waals surface area contributed by atoms with E-state index in [-0.39, 0.29) is 11.3 Å². The van der Waals surface area contributed by atoms with Gasteiger partial charge in [-0.25, -0.2) is 4.39 Å². The van der Waals surface area contributed by atoms with Crippen molar-refractivity contribution in [3.63, 3.8) is 0 Å². The van der Waals surface area contributed by atoms with Crippen molar-refractivity contribution in [2.75, 3.05) is 11.1 Å². The van der Waals surface area contributed by atoms with Crippen molar-refractivity contribution in [2.24, 2.45) is 0 Å². The molecule has 5 nitrogen and oxygen atoms in total. The molecule has 0 spiro atoms. The summed E-state index contributed by atoms with van der Waals surface area (Å²) < 4.78 is 12.9. The smallest absolute Gasteiger partial charge is 0.256 e. The third kappa shape index (κ3) is 2.54. The summed E-state index contributed by atoms with van der Waals surface area (Å²) in [6.45, 7) is 0. The Morgan fingerprint density at radius 3 is 2.82 bits per heavy atom. The van der Waals surface area contributed by atoms with E-state index in [0.29, 0.717) is 5.82 Å². The predicted octanol–water partition coefficient (Wildman–Crippen LogP) is 1.45. The predicted molar refractivity (Wildman–Crippen MR) is 60.8 cm³/mol. The average Bonchev–Trinajstić information content (AvgIpc) is 2.34. The molecule has 0 atom stereocenters. The van der Waals surface area contributed by atoms with Crippen molar-refractivity contribution in [1.82, 2.24) is 10.2 Å². The minimum atomic E-state index is -0.555. The maximum absolute atomic E-state index is 12.9. The molecule has 2 rings (SSSR count). The van der Waals surface area contributed by atoms with Gasteiger partial charge in [-0.1, -0.05) is 0 Å². The minimum absolute atomic E-state index is 0.0724. The van der Waals surface area contributed by atoms with Gasteiger partial charge in [0.05, 0.1) is 5.69 Å². The van der Waals surface area contributed by atoms with Gasteiger partial charge in [-0.05, 0) is 30.3 Å². The molecule has 3 N–H and O–H groups in total. The number of nitrogens with two attached hydrogens (primary N) is 1. The van der Waals surface area contributed by atoms with E-state index in [1.807, 2.05) is 0 Å². The van der Waals surface area contributed by atoms with Gasteiger partial charge in [0.2, 0.25) is 0 Å². The van der Waals surface area contributed by atoms with Crippen LogP contribution in [0.2, 0.25) is 0 Å². The lowest BCUT2D eigenvalue weighted by atomic mass is 10.2. The number of benzene rings is 1. The molecule has 2 aromatic rings. The molecular formula is C11H9FN4O. The Morgan fingerprint density at radius 1 is 1.35 bits per heavy atom. The number of amides is 1. The molecule has 6 heteroatoms. The van der Waals surface area contributed by atoms with Gasteiger partial charge < -0.3 is 11.1 Å². The highest BCUT2D eigenvalue weighted by Gasteiger charge is 2.08. The molecule has 0 unspecified atom stereocenters. The first-order valence-electron chi connectivity index (χ1n) is 4.81. The molecule has 0 aliphatic rings. The number of carbonyl (C=O) groups is 1. The fourth-order valence-corrected chi connectivity index (χ4v) is 1.24. The molecule has 1 heterocycles. The molecule has 0 aliphatic heterocycles. The highest BCUT2D eigenvalue weighted by molar-refractivity contribution is 6.04. The number of halogens is 1. The minimum Gasteiger partial charge on any atom is -0.396 e. The van der Waals surface area contributed by atoms with Crippen LogP contribution < -0.4 is 11.1 Å². The second kappa shape index (κ2) is 4.56. The lowest BCUT2D eigenvalue weighted by molar-refractivity contribution is 0.102. The number of rotatable bonds is 2. The summed E-state index contributed by atoms with van der Waals surface area (Å²) in [7, 11) is 0. The van der Waals surface area contributed by atoms with Gasteiger partial charge >= 0.3 is 0 Å². The lowest BCUT2D eigenvalue weighted by Gasteiger charge is -2.04. The van der Waals surface area contributed by atoms with Crippen LogP contribution in [0.5, 0.6) is 0 Å². The molecule has 0 aliphatic carbocycles. The Morgan fingerprint density at radius 2 is 2.18 bits per heavy atom. The van der Waals surface area contributed by atoms with E-state index in [1.54, 1.807) is 12.1 Å². The monoisotopic (exact) mass is 232 g/mol. The van der Waals surface area contributed by atoms with Crippen LogP contribution >= 0.6 is 0 Å². The van der Waals surface area contributed by atoms with Crippen molar-refractivity contribution in [3.05, 3.63) is 47.9 Å². The summed E-state index contributed by atoms with van der Waals surface area (Å²) in [5.41, 5.74) is 5.56. The lowest BCUT2D eigenvalue weighted by Crippen LogP contribution is -2.13. The third-order valence-electron chi connectivity index (χ3n) is 2.07. The van der Waals surface area contributed by atoms with Crippen LogP contribution in [0.4, 0.5) is 15.9 Å². The van der Waals surface area contributed by atoms with Crippen LogP contribution in [-0.2, 0) is 0 Å². The highest BCUT2D eigenvalue weighted by Crippen LogP contribution is 2.13. The van der Waals surface area contributed by atoms with E-state index >= 15 is 0 Å². The summed E-state index contributed by atoms with van der Waals surface area (Å²) in [4.78, 5) is 11.7. The maximum atomic E-state index is 12.9. The highest BCUT2D eigenvalue weighted by atomic mass is 19.1. The zero-order chi connectivity index (χ0) is 12.3. The number of nitrogens with one attached hydrogen (secondary N) is 1. The Hall–Kier alpha value is -2.50. The number of hydrogen-bond donors (Lipinski definition) is 2. The quantitative estimate of drug-likeness (QED) is 0.768. The Kier molecular flexibility index (Phi) is 2.95. The molecule has 1 aromatic heterocycles. The number of carbonyl (C=O) groups excluding carboxylic acids is 1. The fourth-order valence-electron chi connectivity index (χ4n) is 1.24. The first kappa shape index (κ1) is 11.0. The molecule has 0 fully saturated rings. The van der Waals surface area contributed by atoms with Crippen LogP contribution in [0.3, 0.4) is 0 Å². The average molecular weight is 232 g/mol. The molecule has 0 saturated heterocycles. The summed E-state index contributed by atoms with van der Waals surface area (Å²) in [6, 6.07) is 6.98. The molecule has 0 bridgehead atoms. The van der Waals surface area contributed by atoms with Crippen LogP contribution in [0.1, 0.15) is 10.4 Å². The SMILES string of the molecule is Nc1cc(C(=O)Nc2cccnn2)ccc1F. The van der Waals surface area contributed by atoms with E-state index < -0.39 is 11.7 Å². The zero-order valence-electron chi connectivity index (χ0n) is 8.72. The first-order chi connectivity index (χ1) is 8.16. The number of nitrogens with zero attached hydrogens (tertiary/aromatic N) is 2. The maximum Gasteiger partial charge on any atom is 0.256 e. The zero-order valence-corrected chi connectivity index (χ0v) is 8.72. The molecule has 17 heavy (non-hydrogen) atoms. The number of aromatic nitrogens is 2. The second-order valence-electron chi connectivity index (χ2n) is 3.30. The fraction of sp³-hybridized carbons (Fsp3) is 0. The molecule has 86 valence electrons. The van der Waals surface area contributed by atoms with E-state index in [9.17, 15) is 9.18 Å². The van der Waals surface area contributed by atoms with E-state index in [2.05, 4.69) is 15.5 Å². The third-order valence-corrected chi connectivity index (χ3v) is 2.07. The van der Waals surface area contributed by atoms with Crippen LogP contribution in [0.15, 0.2) is 36.5 Å². The summed E-state index contributed by atoms with van der Waals surface area (Å²) >= 11 is 0. The first-order valence-corrected chi connectivity index (χ1v) is 4.81. The van der Waals surface area contributed by atoms with E-state index in [1.165, 1.54) is 18.3 Å². The van der Waals surface area contributed by atoms with Gasteiger partial charge in [-0.3, -0.25) is 4.79 Å². The Balaban J connectivity index is 2.18. The molecule has 0 saturated carbocycles. The normalized spacial score (nSPS) is 9.94. The summed E-state index contributed by atoms with van der Waals surface area (Å²) in [5.74, 6) is -0.654. The Labute approximate surface area is 96.5 Å². The Bertz CT molecular complexity index is 544. The van der Waals surface area contributed by atoms with Gasteiger partial charge in [-0.15, -0.1) is 5.10 Å². The van der Waals surface area contributed by atoms with Crippen molar-refractivity contribution in [3.8, 4) is 0 Å². The van der Waals surface area contributed by atoms with E-state index in [0.717, 1.165) is 6.07 Å². The van der Waals surface area contributed by atoms with Gasteiger partial charge in [-0.2, -0.15) is 5.10 Å². The van der Waals surface area contributed by atoms with Gasteiger partial charge in [0.1, 0.15) is 5.82 Å². The molecule has 1 aromatic carbocycles. The van der Waals surface area contributed by atoms with Crippen molar-refractivity contribution in [2.45, 2.75) is 0 Å². The van der Waals surface area contributed by atoms with Crippen molar-refractivity contribution >= 4 is 17.4 Å². The van der Waals surface area contributed by atoms with E-state index in [4.69, 9.17) is 5.73 Å². The van der Waals surface area contributed by atoms with Crippen LogP contribution in [0, 0.1) is 5.82 Å². The molecule has 0 radical (unpaired) electrons.